The number of benzene rings is 1. The van der Waals surface area contributed by atoms with Crippen LogP contribution in [0.3, 0.4) is 0 Å². The molecule has 0 amide bonds. The van der Waals surface area contributed by atoms with Crippen molar-refractivity contribution >= 4 is 22.6 Å². The Kier molecular flexibility index (Phi) is 2.46. The topological polar surface area (TPSA) is 53.4 Å². The Bertz CT molecular complexity index is 698. The molecule has 1 saturated heterocycles. The molecule has 2 atom stereocenters. The van der Waals surface area contributed by atoms with Gasteiger partial charge in [0.25, 0.3) is 0 Å². The quantitative estimate of drug-likeness (QED) is 0.910. The molecule has 4 heteroatoms. The van der Waals surface area contributed by atoms with Crippen LogP contribution in [0.5, 0.6) is 0 Å². The highest BCUT2D eigenvalue weighted by Crippen LogP contribution is 2.41. The Balaban J connectivity index is 1.89. The molecule has 2 heterocycles. The molecule has 1 aliphatic heterocycles. The second-order valence-electron chi connectivity index (χ2n) is 5.83. The van der Waals surface area contributed by atoms with Gasteiger partial charge in [-0.15, -0.1) is 0 Å². The predicted octanol–water partition coefficient (Wildman–Crippen LogP) is 2.92. The Hall–Kier alpha value is -2.10. The van der Waals surface area contributed by atoms with Gasteiger partial charge in [-0.3, -0.25) is 0 Å². The molecule has 2 fully saturated rings. The zero-order valence-electron chi connectivity index (χ0n) is 11.1. The van der Waals surface area contributed by atoms with Gasteiger partial charge in [-0.2, -0.15) is 0 Å². The van der Waals surface area contributed by atoms with Crippen molar-refractivity contribution < 1.29 is 9.90 Å². The molecule has 1 saturated carbocycles. The number of aromatic nitrogens is 1. The maximum atomic E-state index is 11.3. The van der Waals surface area contributed by atoms with Crippen molar-refractivity contribution in [2.75, 3.05) is 11.4 Å². The summed E-state index contributed by atoms with van der Waals surface area (Å²) in [6.07, 6.45) is 5.33. The van der Waals surface area contributed by atoms with Gasteiger partial charge in [0.05, 0.1) is 5.56 Å². The van der Waals surface area contributed by atoms with Crippen LogP contribution < -0.4 is 4.90 Å². The number of hydrogen-bond acceptors (Lipinski definition) is 3. The van der Waals surface area contributed by atoms with Gasteiger partial charge in [0.1, 0.15) is 5.82 Å². The van der Waals surface area contributed by atoms with Crippen LogP contribution in [0.4, 0.5) is 5.82 Å². The summed E-state index contributed by atoms with van der Waals surface area (Å²) in [4.78, 5) is 18.2. The monoisotopic (exact) mass is 268 g/mol. The van der Waals surface area contributed by atoms with E-state index in [9.17, 15) is 9.90 Å². The fourth-order valence-corrected chi connectivity index (χ4v) is 3.76. The lowest BCUT2D eigenvalue weighted by Crippen LogP contribution is -2.32. The molecule has 4 nitrogen and oxygen atoms in total. The minimum Gasteiger partial charge on any atom is -0.478 e. The summed E-state index contributed by atoms with van der Waals surface area (Å²) in [7, 11) is 0. The minimum atomic E-state index is -0.914. The van der Waals surface area contributed by atoms with Gasteiger partial charge in [-0.1, -0.05) is 24.3 Å². The van der Waals surface area contributed by atoms with Gasteiger partial charge in [-0.05, 0) is 25.2 Å². The third-order valence-electron chi connectivity index (χ3n) is 4.69. The Labute approximate surface area is 117 Å². The average molecular weight is 268 g/mol. The molecular formula is C16H16N2O2. The summed E-state index contributed by atoms with van der Waals surface area (Å²) in [6, 6.07) is 8.28. The number of carbonyl (C=O) groups is 1. The van der Waals surface area contributed by atoms with Crippen LogP contribution in [0.2, 0.25) is 0 Å². The van der Waals surface area contributed by atoms with Crippen LogP contribution in [0.1, 0.15) is 29.6 Å². The number of rotatable bonds is 2. The van der Waals surface area contributed by atoms with Gasteiger partial charge in [0.2, 0.25) is 0 Å². The Morgan fingerprint density at radius 1 is 1.25 bits per heavy atom. The zero-order chi connectivity index (χ0) is 13.7. The maximum absolute atomic E-state index is 11.3. The van der Waals surface area contributed by atoms with Crippen molar-refractivity contribution in [3.05, 3.63) is 36.0 Å². The zero-order valence-corrected chi connectivity index (χ0v) is 11.1. The molecule has 20 heavy (non-hydrogen) atoms. The normalized spacial score (nSPS) is 24.5. The van der Waals surface area contributed by atoms with Gasteiger partial charge in [0.15, 0.2) is 0 Å². The number of piperidine rings is 1. The SMILES string of the molecule is O=C(O)c1cnc(N2CC3CCC2C3)c2ccccc12. The van der Waals surface area contributed by atoms with Gasteiger partial charge >= 0.3 is 5.97 Å². The van der Waals surface area contributed by atoms with E-state index in [1.165, 1.54) is 25.5 Å². The second-order valence-corrected chi connectivity index (χ2v) is 5.83. The van der Waals surface area contributed by atoms with E-state index in [1.54, 1.807) is 0 Å². The standard InChI is InChI=1S/C16H16N2O2/c19-16(20)14-8-17-15(13-4-2-1-3-12(13)14)18-9-10-5-6-11(18)7-10/h1-4,8,10-11H,5-7,9H2,(H,19,20). The fraction of sp³-hybridized carbons (Fsp3) is 0.375. The minimum absolute atomic E-state index is 0.286. The number of pyridine rings is 1. The molecule has 0 spiro atoms. The molecule has 102 valence electrons. The van der Waals surface area contributed by atoms with Gasteiger partial charge in [0, 0.05) is 29.6 Å². The van der Waals surface area contributed by atoms with Crippen LogP contribution >= 0.6 is 0 Å². The summed E-state index contributed by atoms with van der Waals surface area (Å²) in [5.41, 5.74) is 0.286. The number of anilines is 1. The summed E-state index contributed by atoms with van der Waals surface area (Å²) >= 11 is 0. The van der Waals surface area contributed by atoms with Crippen LogP contribution in [0, 0.1) is 5.92 Å². The largest absolute Gasteiger partial charge is 0.478 e. The molecule has 2 unspecified atom stereocenters. The number of carboxylic acid groups (broad SMARTS) is 1. The number of aromatic carboxylic acids is 1. The lowest BCUT2D eigenvalue weighted by molar-refractivity contribution is 0.0698. The third-order valence-corrected chi connectivity index (χ3v) is 4.69. The van der Waals surface area contributed by atoms with Crippen LogP contribution in [-0.2, 0) is 0 Å². The average Bonchev–Trinajstić information content (AvgIpc) is 3.08. The van der Waals surface area contributed by atoms with E-state index in [0.29, 0.717) is 6.04 Å². The van der Waals surface area contributed by atoms with E-state index in [0.717, 1.165) is 29.1 Å². The number of nitrogens with zero attached hydrogens (tertiary/aromatic N) is 2. The van der Waals surface area contributed by atoms with Crippen molar-refractivity contribution in [3.8, 4) is 0 Å². The number of fused-ring (bicyclic) bond motifs is 3. The first kappa shape index (κ1) is 11.7. The highest BCUT2D eigenvalue weighted by molar-refractivity contribution is 6.06. The lowest BCUT2D eigenvalue weighted by atomic mass is 10.1. The predicted molar refractivity (Wildman–Crippen MR) is 77.2 cm³/mol. The van der Waals surface area contributed by atoms with Crippen molar-refractivity contribution in [3.63, 3.8) is 0 Å². The van der Waals surface area contributed by atoms with Gasteiger partial charge < -0.3 is 10.0 Å². The van der Waals surface area contributed by atoms with E-state index in [4.69, 9.17) is 0 Å². The Morgan fingerprint density at radius 2 is 2.05 bits per heavy atom. The molecule has 0 radical (unpaired) electrons. The van der Waals surface area contributed by atoms with Crippen molar-refractivity contribution in [2.24, 2.45) is 5.92 Å². The molecule has 2 aromatic rings. The lowest BCUT2D eigenvalue weighted by Gasteiger charge is -2.29. The molecular weight excluding hydrogens is 252 g/mol. The Morgan fingerprint density at radius 3 is 2.70 bits per heavy atom. The fourth-order valence-electron chi connectivity index (χ4n) is 3.76. The van der Waals surface area contributed by atoms with Crippen molar-refractivity contribution in [1.29, 1.82) is 0 Å². The second kappa shape index (κ2) is 4.20. The van der Waals surface area contributed by atoms with Gasteiger partial charge in [-0.25, -0.2) is 9.78 Å². The highest BCUT2D eigenvalue weighted by Gasteiger charge is 2.39. The first-order valence-electron chi connectivity index (χ1n) is 7.11. The number of carboxylic acids is 1. The molecule has 2 bridgehead atoms. The molecule has 4 rings (SSSR count). The summed E-state index contributed by atoms with van der Waals surface area (Å²) in [5, 5.41) is 11.0. The van der Waals surface area contributed by atoms with E-state index in [1.807, 2.05) is 24.3 Å². The van der Waals surface area contributed by atoms with E-state index >= 15 is 0 Å². The third kappa shape index (κ3) is 1.60. The maximum Gasteiger partial charge on any atom is 0.337 e. The van der Waals surface area contributed by atoms with Crippen LogP contribution in [-0.4, -0.2) is 28.6 Å². The summed E-state index contributed by atoms with van der Waals surface area (Å²) in [5.74, 6) is 0.834. The van der Waals surface area contributed by atoms with E-state index in [2.05, 4.69) is 9.88 Å². The van der Waals surface area contributed by atoms with Crippen molar-refractivity contribution in [1.82, 2.24) is 4.98 Å². The van der Waals surface area contributed by atoms with Crippen LogP contribution in [0.25, 0.3) is 10.8 Å². The summed E-state index contributed by atoms with van der Waals surface area (Å²) in [6.45, 7) is 1.06. The molecule has 1 aromatic heterocycles. The van der Waals surface area contributed by atoms with E-state index < -0.39 is 5.97 Å². The first-order valence-corrected chi connectivity index (χ1v) is 7.11. The summed E-state index contributed by atoms with van der Waals surface area (Å²) < 4.78 is 0. The first-order chi connectivity index (χ1) is 9.74. The molecule has 2 aliphatic rings. The smallest absolute Gasteiger partial charge is 0.337 e. The van der Waals surface area contributed by atoms with Crippen LogP contribution in [0.15, 0.2) is 30.5 Å². The highest BCUT2D eigenvalue weighted by atomic mass is 16.4. The number of hydrogen-bond donors (Lipinski definition) is 1. The van der Waals surface area contributed by atoms with E-state index in [-0.39, 0.29) is 5.56 Å². The molecule has 1 aromatic carbocycles. The molecule has 1 N–H and O–H groups in total. The van der Waals surface area contributed by atoms with Crippen molar-refractivity contribution in [2.45, 2.75) is 25.3 Å². The molecule has 1 aliphatic carbocycles.